The summed E-state index contributed by atoms with van der Waals surface area (Å²) in [6.07, 6.45) is 1.21. The van der Waals surface area contributed by atoms with Gasteiger partial charge >= 0.3 is 0 Å². The maximum atomic E-state index is 13.1. The van der Waals surface area contributed by atoms with Gasteiger partial charge in [0.15, 0.2) is 0 Å². The van der Waals surface area contributed by atoms with E-state index in [0.717, 1.165) is 0 Å². The summed E-state index contributed by atoms with van der Waals surface area (Å²) in [5, 5.41) is 5.90. The van der Waals surface area contributed by atoms with Crippen LogP contribution in [0, 0.1) is 11.8 Å². The number of methoxy groups -OCH3 is 2. The summed E-state index contributed by atoms with van der Waals surface area (Å²) >= 11 is 0. The normalized spacial score (nSPS) is 14.8. The van der Waals surface area contributed by atoms with Gasteiger partial charge in [-0.15, -0.1) is 0 Å². The van der Waals surface area contributed by atoms with Crippen molar-refractivity contribution in [3.8, 4) is 11.5 Å². The molecule has 3 rings (SSSR count). The number of nitrogens with zero attached hydrogens (tertiary/aromatic N) is 1. The van der Waals surface area contributed by atoms with Gasteiger partial charge in [-0.1, -0.05) is 26.0 Å². The summed E-state index contributed by atoms with van der Waals surface area (Å²) in [5.41, 5.74) is 0.997. The molecule has 8 nitrogen and oxygen atoms in total. The number of amides is 3. The quantitative estimate of drug-likeness (QED) is 0.574. The minimum atomic E-state index is -0.693. The van der Waals surface area contributed by atoms with Crippen LogP contribution < -0.4 is 20.1 Å². The Kier molecular flexibility index (Phi) is 9.11. The molecule has 0 aromatic heterocycles. The molecule has 35 heavy (non-hydrogen) atoms. The average Bonchev–Trinajstić information content (AvgIpc) is 2.89. The second-order valence-electron chi connectivity index (χ2n) is 9.18. The number of rotatable bonds is 9. The number of carbonyl (C=O) groups is 3. The molecule has 1 fully saturated rings. The monoisotopic (exact) mass is 481 g/mol. The van der Waals surface area contributed by atoms with E-state index in [1.54, 1.807) is 67.7 Å². The Balaban J connectivity index is 1.70. The Morgan fingerprint density at radius 2 is 1.51 bits per heavy atom. The van der Waals surface area contributed by atoms with Gasteiger partial charge < -0.3 is 25.0 Å². The lowest BCUT2D eigenvalue weighted by atomic mass is 9.88. The molecule has 2 N–H and O–H groups in total. The van der Waals surface area contributed by atoms with E-state index >= 15 is 0 Å². The van der Waals surface area contributed by atoms with Crippen molar-refractivity contribution in [2.75, 3.05) is 33.9 Å². The predicted octanol–water partition coefficient (Wildman–Crippen LogP) is 3.13. The molecule has 2 aromatic carbocycles. The zero-order valence-corrected chi connectivity index (χ0v) is 20.9. The molecule has 0 unspecified atom stereocenters. The van der Waals surface area contributed by atoms with Crippen molar-refractivity contribution < 1.29 is 23.9 Å². The van der Waals surface area contributed by atoms with E-state index in [2.05, 4.69) is 10.6 Å². The first-order valence-electron chi connectivity index (χ1n) is 12.0. The molecule has 188 valence electrons. The number of carbonyl (C=O) groups excluding carboxylic acids is 3. The second kappa shape index (κ2) is 12.2. The lowest BCUT2D eigenvalue weighted by Gasteiger charge is -2.36. The maximum Gasteiger partial charge on any atom is 0.253 e. The molecule has 0 saturated carbocycles. The number of nitrogens with one attached hydrogen (secondary N) is 2. The molecule has 1 saturated heterocycles. The minimum absolute atomic E-state index is 0.0661. The third kappa shape index (κ3) is 6.97. The summed E-state index contributed by atoms with van der Waals surface area (Å²) in [5.74, 6) is 0.803. The first-order valence-corrected chi connectivity index (χ1v) is 12.0. The number of hydrogen-bond donors (Lipinski definition) is 2. The summed E-state index contributed by atoms with van der Waals surface area (Å²) in [6.45, 7) is 5.57. The van der Waals surface area contributed by atoms with Gasteiger partial charge in [-0.05, 0) is 61.1 Å². The largest absolute Gasteiger partial charge is 0.497 e. The first-order chi connectivity index (χ1) is 16.8. The van der Waals surface area contributed by atoms with Crippen molar-refractivity contribution in [2.24, 2.45) is 11.8 Å². The van der Waals surface area contributed by atoms with Gasteiger partial charge in [0.05, 0.1) is 14.2 Å². The highest BCUT2D eigenvalue weighted by Gasteiger charge is 2.34. The van der Waals surface area contributed by atoms with E-state index in [1.165, 1.54) is 0 Å². The van der Waals surface area contributed by atoms with Gasteiger partial charge in [0.2, 0.25) is 5.91 Å². The van der Waals surface area contributed by atoms with Crippen molar-refractivity contribution in [1.29, 1.82) is 0 Å². The van der Waals surface area contributed by atoms with Crippen LogP contribution in [0.15, 0.2) is 48.5 Å². The highest BCUT2D eigenvalue weighted by atomic mass is 16.5. The highest BCUT2D eigenvalue weighted by molar-refractivity contribution is 5.98. The standard InChI is InChI=1S/C27H35N3O5/c1-18(2)17-28-26(32)24(29-25(31)20-7-5-9-22(15-20)34-3)19-11-13-30(14-12-19)27(33)21-8-6-10-23(16-21)35-4/h5-10,15-16,18-19,24H,11-14,17H2,1-4H3,(H,28,32)(H,29,31)/t24-/m1/s1. The summed E-state index contributed by atoms with van der Waals surface area (Å²) in [4.78, 5) is 40.9. The fraction of sp³-hybridized carbons (Fsp3) is 0.444. The number of hydrogen-bond acceptors (Lipinski definition) is 5. The van der Waals surface area contributed by atoms with E-state index in [0.29, 0.717) is 55.1 Å². The third-order valence-electron chi connectivity index (χ3n) is 6.20. The molecule has 0 bridgehead atoms. The molecule has 2 aromatic rings. The molecular weight excluding hydrogens is 446 g/mol. The molecule has 8 heteroatoms. The predicted molar refractivity (Wildman–Crippen MR) is 134 cm³/mol. The Bertz CT molecular complexity index is 1030. The topological polar surface area (TPSA) is 97.0 Å². The molecule has 0 radical (unpaired) electrons. The van der Waals surface area contributed by atoms with Crippen molar-refractivity contribution in [3.05, 3.63) is 59.7 Å². The van der Waals surface area contributed by atoms with Crippen LogP contribution in [-0.2, 0) is 4.79 Å². The van der Waals surface area contributed by atoms with Gasteiger partial charge in [-0.3, -0.25) is 14.4 Å². The summed E-state index contributed by atoms with van der Waals surface area (Å²) in [7, 11) is 3.11. The van der Waals surface area contributed by atoms with Crippen molar-refractivity contribution in [2.45, 2.75) is 32.7 Å². The van der Waals surface area contributed by atoms with Crippen LogP contribution in [-0.4, -0.2) is 62.5 Å². The SMILES string of the molecule is COc1cccc(C(=O)N[C@@H](C(=O)NCC(C)C)C2CCN(C(=O)c3cccc(OC)c3)CC2)c1. The molecular formula is C27H35N3O5. The fourth-order valence-electron chi connectivity index (χ4n) is 4.18. The van der Waals surface area contributed by atoms with Crippen LogP contribution in [0.2, 0.25) is 0 Å². The van der Waals surface area contributed by atoms with Crippen LogP contribution >= 0.6 is 0 Å². The number of likely N-dealkylation sites (tertiary alicyclic amines) is 1. The molecule has 0 spiro atoms. The molecule has 0 aliphatic carbocycles. The van der Waals surface area contributed by atoms with Gasteiger partial charge in [-0.25, -0.2) is 0 Å². The lowest BCUT2D eigenvalue weighted by molar-refractivity contribution is -0.124. The van der Waals surface area contributed by atoms with Crippen molar-refractivity contribution in [1.82, 2.24) is 15.5 Å². The molecule has 1 aliphatic heterocycles. The van der Waals surface area contributed by atoms with E-state index in [1.807, 2.05) is 13.8 Å². The van der Waals surface area contributed by atoms with Crippen LogP contribution in [0.5, 0.6) is 11.5 Å². The average molecular weight is 482 g/mol. The molecule has 1 aliphatic rings. The van der Waals surface area contributed by atoms with Crippen LogP contribution in [0.4, 0.5) is 0 Å². The van der Waals surface area contributed by atoms with E-state index in [-0.39, 0.29) is 29.6 Å². The minimum Gasteiger partial charge on any atom is -0.497 e. The highest BCUT2D eigenvalue weighted by Crippen LogP contribution is 2.24. The smallest absolute Gasteiger partial charge is 0.253 e. The number of benzene rings is 2. The van der Waals surface area contributed by atoms with Gasteiger partial charge in [-0.2, -0.15) is 0 Å². The third-order valence-corrected chi connectivity index (χ3v) is 6.20. The van der Waals surface area contributed by atoms with Gasteiger partial charge in [0.25, 0.3) is 11.8 Å². The van der Waals surface area contributed by atoms with Crippen LogP contribution in [0.1, 0.15) is 47.4 Å². The van der Waals surface area contributed by atoms with Crippen LogP contribution in [0.3, 0.4) is 0 Å². The van der Waals surface area contributed by atoms with Crippen molar-refractivity contribution >= 4 is 17.7 Å². The van der Waals surface area contributed by atoms with E-state index < -0.39 is 6.04 Å². The Hall–Kier alpha value is -3.55. The zero-order valence-electron chi connectivity index (χ0n) is 20.9. The number of piperidine rings is 1. The zero-order chi connectivity index (χ0) is 25.4. The van der Waals surface area contributed by atoms with E-state index in [4.69, 9.17) is 9.47 Å². The molecule has 3 amide bonds. The second-order valence-corrected chi connectivity index (χ2v) is 9.18. The molecule has 1 heterocycles. The summed E-state index contributed by atoms with van der Waals surface area (Å²) < 4.78 is 10.5. The Morgan fingerprint density at radius 1 is 0.943 bits per heavy atom. The first kappa shape index (κ1) is 26.1. The van der Waals surface area contributed by atoms with E-state index in [9.17, 15) is 14.4 Å². The Labute approximate surface area is 207 Å². The van der Waals surface area contributed by atoms with Crippen LogP contribution in [0.25, 0.3) is 0 Å². The maximum absolute atomic E-state index is 13.1. The lowest BCUT2D eigenvalue weighted by Crippen LogP contribution is -2.54. The fourth-order valence-corrected chi connectivity index (χ4v) is 4.18. The summed E-state index contributed by atoms with van der Waals surface area (Å²) in [6, 6.07) is 13.2. The van der Waals surface area contributed by atoms with Gasteiger partial charge in [0, 0.05) is 30.8 Å². The Morgan fingerprint density at radius 3 is 2.09 bits per heavy atom. The number of ether oxygens (including phenoxy) is 2. The van der Waals surface area contributed by atoms with Gasteiger partial charge in [0.1, 0.15) is 17.5 Å². The van der Waals surface area contributed by atoms with Crippen molar-refractivity contribution in [3.63, 3.8) is 0 Å². The molecule has 1 atom stereocenters.